The molecule has 0 aliphatic carbocycles. The maximum atomic E-state index is 11.9. The van der Waals surface area contributed by atoms with E-state index in [-0.39, 0.29) is 5.69 Å². The van der Waals surface area contributed by atoms with Crippen molar-refractivity contribution < 1.29 is 23.8 Å². The minimum absolute atomic E-state index is 0.0235. The molecule has 0 aliphatic heterocycles. The standard InChI is InChI=1S/C19H14N4O7/c1-29-19(24)15-5-3-2-4-14(15)18-9-7-13(30-18)11-20-21-16-8-6-12(22(25)26)10-17(16)23(27)28/h2-11,21H,1H3/b20-11-. The van der Waals surface area contributed by atoms with Gasteiger partial charge >= 0.3 is 11.7 Å². The van der Waals surface area contributed by atoms with Crippen LogP contribution in [0, 0.1) is 20.2 Å². The molecule has 30 heavy (non-hydrogen) atoms. The Morgan fingerprint density at radius 1 is 1.10 bits per heavy atom. The zero-order chi connectivity index (χ0) is 21.7. The van der Waals surface area contributed by atoms with E-state index in [1.807, 2.05) is 0 Å². The summed E-state index contributed by atoms with van der Waals surface area (Å²) in [6.07, 6.45) is 1.27. The Balaban J connectivity index is 1.80. The number of hydrogen-bond donors (Lipinski definition) is 1. The van der Waals surface area contributed by atoms with Crippen LogP contribution in [0.25, 0.3) is 11.3 Å². The number of esters is 1. The molecule has 11 nitrogen and oxygen atoms in total. The molecule has 0 radical (unpaired) electrons. The van der Waals surface area contributed by atoms with Crippen LogP contribution in [0.15, 0.2) is 64.1 Å². The van der Waals surface area contributed by atoms with Crippen LogP contribution < -0.4 is 5.43 Å². The van der Waals surface area contributed by atoms with E-state index in [0.29, 0.717) is 22.6 Å². The van der Waals surface area contributed by atoms with Crippen LogP contribution in [-0.4, -0.2) is 29.1 Å². The van der Waals surface area contributed by atoms with Crippen molar-refractivity contribution >= 4 is 29.2 Å². The average molecular weight is 410 g/mol. The summed E-state index contributed by atoms with van der Waals surface area (Å²) in [5.41, 5.74) is 2.41. The fourth-order valence-corrected chi connectivity index (χ4v) is 2.60. The molecule has 0 aliphatic rings. The number of ether oxygens (including phenoxy) is 1. The highest BCUT2D eigenvalue weighted by Gasteiger charge is 2.19. The molecule has 0 spiro atoms. The SMILES string of the molecule is COC(=O)c1ccccc1-c1ccc(/C=N\Nc2ccc([N+](=O)[O-])cc2[N+](=O)[O-])o1. The van der Waals surface area contributed by atoms with Crippen LogP contribution in [0.5, 0.6) is 0 Å². The Kier molecular flexibility index (Phi) is 5.82. The van der Waals surface area contributed by atoms with Gasteiger partial charge in [0.1, 0.15) is 17.2 Å². The molecule has 1 N–H and O–H groups in total. The van der Waals surface area contributed by atoms with Crippen molar-refractivity contribution in [2.45, 2.75) is 0 Å². The molecule has 11 heteroatoms. The third-order valence-corrected chi connectivity index (χ3v) is 3.99. The van der Waals surface area contributed by atoms with Gasteiger partial charge in [-0.3, -0.25) is 25.7 Å². The summed E-state index contributed by atoms with van der Waals surface area (Å²) in [5.74, 6) is 0.199. The third-order valence-electron chi connectivity index (χ3n) is 3.99. The predicted octanol–water partition coefficient (Wildman–Crippen LogP) is 4.00. The van der Waals surface area contributed by atoms with E-state index in [1.54, 1.807) is 36.4 Å². The monoisotopic (exact) mass is 410 g/mol. The Morgan fingerprint density at radius 2 is 1.87 bits per heavy atom. The van der Waals surface area contributed by atoms with Gasteiger partial charge in [-0.2, -0.15) is 5.10 Å². The maximum Gasteiger partial charge on any atom is 0.338 e. The number of carbonyl (C=O) groups is 1. The van der Waals surface area contributed by atoms with Crippen LogP contribution in [0.4, 0.5) is 17.1 Å². The first kappa shape index (κ1) is 20.2. The molecular formula is C19H14N4O7. The lowest BCUT2D eigenvalue weighted by Crippen LogP contribution is -2.02. The molecule has 0 atom stereocenters. The molecule has 1 heterocycles. The number of anilines is 1. The van der Waals surface area contributed by atoms with E-state index in [1.165, 1.54) is 19.4 Å². The highest BCUT2D eigenvalue weighted by atomic mass is 16.6. The van der Waals surface area contributed by atoms with Crippen molar-refractivity contribution in [1.29, 1.82) is 0 Å². The van der Waals surface area contributed by atoms with Gasteiger partial charge in [-0.05, 0) is 24.3 Å². The summed E-state index contributed by atoms with van der Waals surface area (Å²) in [6.45, 7) is 0. The van der Waals surface area contributed by atoms with Gasteiger partial charge in [0.05, 0.1) is 34.8 Å². The number of nitro benzene ring substituents is 2. The molecule has 1 aromatic heterocycles. The summed E-state index contributed by atoms with van der Waals surface area (Å²) in [4.78, 5) is 32.3. The number of nitrogens with one attached hydrogen (secondary N) is 1. The van der Waals surface area contributed by atoms with Crippen molar-refractivity contribution in [2.24, 2.45) is 5.10 Å². The smallest absolute Gasteiger partial charge is 0.338 e. The Morgan fingerprint density at radius 3 is 2.57 bits per heavy atom. The predicted molar refractivity (Wildman–Crippen MR) is 106 cm³/mol. The molecule has 2 aromatic carbocycles. The lowest BCUT2D eigenvalue weighted by Gasteiger charge is -2.04. The lowest BCUT2D eigenvalue weighted by molar-refractivity contribution is -0.393. The van der Waals surface area contributed by atoms with Gasteiger partial charge in [0.15, 0.2) is 0 Å². The molecule has 152 valence electrons. The lowest BCUT2D eigenvalue weighted by atomic mass is 10.1. The molecular weight excluding hydrogens is 396 g/mol. The number of furan rings is 1. The first-order valence-corrected chi connectivity index (χ1v) is 8.40. The Labute approximate surface area is 168 Å². The number of benzene rings is 2. The molecule has 0 unspecified atom stereocenters. The highest BCUT2D eigenvalue weighted by molar-refractivity contribution is 5.96. The summed E-state index contributed by atoms with van der Waals surface area (Å²) >= 11 is 0. The first-order valence-electron chi connectivity index (χ1n) is 8.40. The van der Waals surface area contributed by atoms with E-state index in [4.69, 9.17) is 9.15 Å². The number of nitro groups is 2. The fourth-order valence-electron chi connectivity index (χ4n) is 2.60. The number of methoxy groups -OCH3 is 1. The van der Waals surface area contributed by atoms with Gasteiger partial charge in [-0.15, -0.1) is 0 Å². The molecule has 0 fully saturated rings. The second kappa shape index (κ2) is 8.65. The number of carbonyl (C=O) groups excluding carboxylic acids is 1. The summed E-state index contributed by atoms with van der Waals surface area (Å²) in [5, 5.41) is 25.8. The fraction of sp³-hybridized carbons (Fsp3) is 0.0526. The quantitative estimate of drug-likeness (QED) is 0.266. The second-order valence-corrected chi connectivity index (χ2v) is 5.82. The third kappa shape index (κ3) is 4.30. The number of hydrogen-bond acceptors (Lipinski definition) is 9. The van der Waals surface area contributed by atoms with E-state index in [0.717, 1.165) is 12.1 Å². The molecule has 0 bridgehead atoms. The van der Waals surface area contributed by atoms with E-state index >= 15 is 0 Å². The molecule has 0 amide bonds. The van der Waals surface area contributed by atoms with Crippen molar-refractivity contribution in [3.05, 3.63) is 86.1 Å². The van der Waals surface area contributed by atoms with Crippen molar-refractivity contribution in [1.82, 2.24) is 0 Å². The van der Waals surface area contributed by atoms with Crippen molar-refractivity contribution in [3.8, 4) is 11.3 Å². The van der Waals surface area contributed by atoms with Gasteiger partial charge in [-0.25, -0.2) is 4.79 Å². The van der Waals surface area contributed by atoms with Gasteiger partial charge in [0.25, 0.3) is 5.69 Å². The van der Waals surface area contributed by atoms with Crippen LogP contribution in [0.2, 0.25) is 0 Å². The van der Waals surface area contributed by atoms with Gasteiger partial charge in [0.2, 0.25) is 0 Å². The summed E-state index contributed by atoms with van der Waals surface area (Å²) in [7, 11) is 1.28. The van der Waals surface area contributed by atoms with Crippen LogP contribution in [0.1, 0.15) is 16.1 Å². The number of rotatable bonds is 7. The Hall–Kier alpha value is -4.54. The first-order chi connectivity index (χ1) is 14.4. The minimum atomic E-state index is -0.750. The normalized spacial score (nSPS) is 10.7. The number of nitrogens with zero attached hydrogens (tertiary/aromatic N) is 3. The molecule has 3 rings (SSSR count). The topological polar surface area (TPSA) is 150 Å². The zero-order valence-electron chi connectivity index (χ0n) is 15.5. The van der Waals surface area contributed by atoms with Crippen molar-refractivity contribution in [3.63, 3.8) is 0 Å². The number of hydrazone groups is 1. The maximum absolute atomic E-state index is 11.9. The van der Waals surface area contributed by atoms with Gasteiger partial charge < -0.3 is 9.15 Å². The Bertz CT molecular complexity index is 1150. The van der Waals surface area contributed by atoms with Crippen LogP contribution in [0.3, 0.4) is 0 Å². The van der Waals surface area contributed by atoms with Crippen LogP contribution in [-0.2, 0) is 4.74 Å². The summed E-state index contributed by atoms with van der Waals surface area (Å²) in [6, 6.07) is 13.1. The minimum Gasteiger partial charge on any atom is -0.465 e. The zero-order valence-corrected chi connectivity index (χ0v) is 15.5. The molecule has 0 saturated carbocycles. The average Bonchev–Trinajstić information content (AvgIpc) is 3.21. The van der Waals surface area contributed by atoms with E-state index in [9.17, 15) is 25.0 Å². The van der Waals surface area contributed by atoms with Gasteiger partial charge in [-0.1, -0.05) is 18.2 Å². The largest absolute Gasteiger partial charge is 0.465 e. The van der Waals surface area contributed by atoms with E-state index < -0.39 is 27.2 Å². The summed E-state index contributed by atoms with van der Waals surface area (Å²) < 4.78 is 10.4. The van der Waals surface area contributed by atoms with Gasteiger partial charge in [0, 0.05) is 11.6 Å². The van der Waals surface area contributed by atoms with E-state index in [2.05, 4.69) is 10.5 Å². The number of non-ortho nitro benzene ring substituents is 1. The van der Waals surface area contributed by atoms with Crippen molar-refractivity contribution in [2.75, 3.05) is 12.5 Å². The molecule has 0 saturated heterocycles. The van der Waals surface area contributed by atoms with Crippen LogP contribution >= 0.6 is 0 Å². The highest BCUT2D eigenvalue weighted by Crippen LogP contribution is 2.29. The molecule has 3 aromatic rings. The second-order valence-electron chi connectivity index (χ2n) is 5.82.